The lowest BCUT2D eigenvalue weighted by molar-refractivity contribution is -0.148. The first-order valence-electron chi connectivity index (χ1n) is 7.07. The Bertz CT molecular complexity index is 267. The molecule has 0 spiro atoms. The lowest BCUT2D eigenvalue weighted by Crippen LogP contribution is -2.50. The summed E-state index contributed by atoms with van der Waals surface area (Å²) in [7, 11) is 3.64. The largest absolute Gasteiger partial charge is 0.468 e. The Balaban J connectivity index is 2.36. The molecular formula is C14H28N2O2. The monoisotopic (exact) mass is 256 g/mol. The van der Waals surface area contributed by atoms with Crippen LogP contribution in [0.2, 0.25) is 0 Å². The number of nitrogens with zero attached hydrogens (tertiary/aromatic N) is 1. The van der Waals surface area contributed by atoms with Crippen LogP contribution < -0.4 is 5.32 Å². The molecule has 1 fully saturated rings. The standard InChI is InChI=1S/C14H28N2O2/c1-5-10-15-14(2,13(17)18-4)9-6-11-16(3)12-7-8-12/h12,15H,5-11H2,1-4H3. The summed E-state index contributed by atoms with van der Waals surface area (Å²) < 4.78 is 4.91. The van der Waals surface area contributed by atoms with Gasteiger partial charge in [0.1, 0.15) is 5.54 Å². The van der Waals surface area contributed by atoms with Gasteiger partial charge in [0.2, 0.25) is 0 Å². The second kappa shape index (κ2) is 7.10. The average molecular weight is 256 g/mol. The SMILES string of the molecule is CCCNC(C)(CCCN(C)C1CC1)C(=O)OC. The predicted molar refractivity (Wildman–Crippen MR) is 73.6 cm³/mol. The Morgan fingerprint density at radius 1 is 1.50 bits per heavy atom. The minimum absolute atomic E-state index is 0.148. The fraction of sp³-hybridized carbons (Fsp3) is 0.929. The van der Waals surface area contributed by atoms with Gasteiger partial charge in [-0.05, 0) is 59.2 Å². The first-order chi connectivity index (χ1) is 8.53. The molecule has 1 saturated carbocycles. The third-order valence-corrected chi connectivity index (χ3v) is 3.76. The van der Waals surface area contributed by atoms with Crippen LogP contribution in [0.4, 0.5) is 0 Å². The molecule has 0 bridgehead atoms. The fourth-order valence-electron chi connectivity index (χ4n) is 2.27. The van der Waals surface area contributed by atoms with E-state index in [0.29, 0.717) is 0 Å². The average Bonchev–Trinajstić information content (AvgIpc) is 3.19. The lowest BCUT2D eigenvalue weighted by Gasteiger charge is -2.29. The number of ether oxygens (including phenoxy) is 1. The molecule has 18 heavy (non-hydrogen) atoms. The van der Waals surface area contributed by atoms with Crippen LogP contribution in [0.3, 0.4) is 0 Å². The zero-order valence-corrected chi connectivity index (χ0v) is 12.3. The summed E-state index contributed by atoms with van der Waals surface area (Å²) >= 11 is 0. The summed E-state index contributed by atoms with van der Waals surface area (Å²) in [5, 5.41) is 3.32. The molecule has 4 nitrogen and oxygen atoms in total. The van der Waals surface area contributed by atoms with Crippen LogP contribution in [-0.4, -0.2) is 49.7 Å². The topological polar surface area (TPSA) is 41.6 Å². The first-order valence-corrected chi connectivity index (χ1v) is 7.07. The van der Waals surface area contributed by atoms with Crippen LogP contribution in [0.1, 0.15) is 46.0 Å². The van der Waals surface area contributed by atoms with E-state index in [1.807, 2.05) is 6.92 Å². The molecule has 106 valence electrons. The van der Waals surface area contributed by atoms with Crippen LogP contribution in [0.5, 0.6) is 0 Å². The fourth-order valence-corrected chi connectivity index (χ4v) is 2.27. The smallest absolute Gasteiger partial charge is 0.325 e. The molecule has 1 rings (SSSR count). The highest BCUT2D eigenvalue weighted by atomic mass is 16.5. The van der Waals surface area contributed by atoms with Crippen molar-refractivity contribution in [3.05, 3.63) is 0 Å². The maximum Gasteiger partial charge on any atom is 0.325 e. The Labute approximate surface area is 111 Å². The van der Waals surface area contributed by atoms with Crippen molar-refractivity contribution in [3.63, 3.8) is 0 Å². The van der Waals surface area contributed by atoms with Crippen molar-refractivity contribution in [1.82, 2.24) is 10.2 Å². The second-order valence-corrected chi connectivity index (χ2v) is 5.57. The summed E-state index contributed by atoms with van der Waals surface area (Å²) in [5.41, 5.74) is -0.533. The molecule has 0 aromatic heterocycles. The zero-order chi connectivity index (χ0) is 13.6. The number of hydrogen-bond donors (Lipinski definition) is 1. The highest BCUT2D eigenvalue weighted by molar-refractivity contribution is 5.80. The van der Waals surface area contributed by atoms with Gasteiger partial charge in [0, 0.05) is 6.04 Å². The summed E-state index contributed by atoms with van der Waals surface area (Å²) in [5.74, 6) is -0.148. The Kier molecular flexibility index (Phi) is 6.09. The molecule has 0 saturated heterocycles. The maximum absolute atomic E-state index is 11.9. The van der Waals surface area contributed by atoms with Crippen molar-refractivity contribution in [2.45, 2.75) is 57.5 Å². The van der Waals surface area contributed by atoms with E-state index in [9.17, 15) is 4.79 Å². The molecular weight excluding hydrogens is 228 g/mol. The summed E-state index contributed by atoms with van der Waals surface area (Å²) in [6.07, 6.45) is 5.54. The van der Waals surface area contributed by atoms with Crippen molar-refractivity contribution < 1.29 is 9.53 Å². The Morgan fingerprint density at radius 3 is 2.67 bits per heavy atom. The van der Waals surface area contributed by atoms with Gasteiger partial charge in [-0.1, -0.05) is 6.92 Å². The first kappa shape index (κ1) is 15.4. The van der Waals surface area contributed by atoms with E-state index in [4.69, 9.17) is 4.74 Å². The van der Waals surface area contributed by atoms with Gasteiger partial charge in [0.25, 0.3) is 0 Å². The van der Waals surface area contributed by atoms with Gasteiger partial charge in [-0.25, -0.2) is 0 Å². The van der Waals surface area contributed by atoms with Crippen LogP contribution in [0.15, 0.2) is 0 Å². The quantitative estimate of drug-likeness (QED) is 0.639. The van der Waals surface area contributed by atoms with Crippen LogP contribution in [0, 0.1) is 0 Å². The van der Waals surface area contributed by atoms with Crippen molar-refractivity contribution in [3.8, 4) is 0 Å². The molecule has 1 N–H and O–H groups in total. The molecule has 1 aliphatic carbocycles. The summed E-state index contributed by atoms with van der Waals surface area (Å²) in [6.45, 7) is 5.96. The molecule has 0 aromatic carbocycles. The van der Waals surface area contributed by atoms with Crippen LogP contribution in [-0.2, 0) is 9.53 Å². The van der Waals surface area contributed by atoms with E-state index < -0.39 is 5.54 Å². The van der Waals surface area contributed by atoms with Crippen molar-refractivity contribution in [2.75, 3.05) is 27.2 Å². The Morgan fingerprint density at radius 2 is 2.17 bits per heavy atom. The summed E-state index contributed by atoms with van der Waals surface area (Å²) in [6, 6.07) is 0.790. The van der Waals surface area contributed by atoms with E-state index in [1.54, 1.807) is 0 Å². The van der Waals surface area contributed by atoms with Crippen molar-refractivity contribution >= 4 is 5.97 Å². The van der Waals surface area contributed by atoms with Crippen LogP contribution >= 0.6 is 0 Å². The second-order valence-electron chi connectivity index (χ2n) is 5.57. The maximum atomic E-state index is 11.9. The third-order valence-electron chi connectivity index (χ3n) is 3.76. The van der Waals surface area contributed by atoms with E-state index >= 15 is 0 Å². The number of nitrogens with one attached hydrogen (secondary N) is 1. The number of methoxy groups -OCH3 is 1. The van der Waals surface area contributed by atoms with Gasteiger partial charge >= 0.3 is 5.97 Å². The van der Waals surface area contributed by atoms with E-state index in [2.05, 4.69) is 24.2 Å². The lowest BCUT2D eigenvalue weighted by atomic mass is 9.95. The van der Waals surface area contributed by atoms with E-state index in [0.717, 1.165) is 38.4 Å². The molecule has 0 amide bonds. The molecule has 0 aliphatic heterocycles. The molecule has 1 aliphatic rings. The number of carbonyl (C=O) groups excluding carboxylic acids is 1. The third kappa shape index (κ3) is 4.58. The zero-order valence-electron chi connectivity index (χ0n) is 12.3. The Hall–Kier alpha value is -0.610. The molecule has 0 aromatic rings. The molecule has 0 radical (unpaired) electrons. The highest BCUT2D eigenvalue weighted by Crippen LogP contribution is 2.26. The van der Waals surface area contributed by atoms with E-state index in [-0.39, 0.29) is 5.97 Å². The minimum atomic E-state index is -0.533. The van der Waals surface area contributed by atoms with Gasteiger partial charge in [0.15, 0.2) is 0 Å². The minimum Gasteiger partial charge on any atom is -0.468 e. The normalized spacial score (nSPS) is 18.7. The summed E-state index contributed by atoms with van der Waals surface area (Å²) in [4.78, 5) is 14.3. The molecule has 1 atom stereocenters. The molecule has 1 unspecified atom stereocenters. The van der Waals surface area contributed by atoms with Gasteiger partial charge in [0.05, 0.1) is 7.11 Å². The molecule has 0 heterocycles. The van der Waals surface area contributed by atoms with Gasteiger partial charge in [-0.15, -0.1) is 0 Å². The number of rotatable bonds is 9. The van der Waals surface area contributed by atoms with Gasteiger partial charge in [-0.2, -0.15) is 0 Å². The van der Waals surface area contributed by atoms with Crippen LogP contribution in [0.25, 0.3) is 0 Å². The van der Waals surface area contributed by atoms with E-state index in [1.165, 1.54) is 20.0 Å². The number of esters is 1. The van der Waals surface area contributed by atoms with Gasteiger partial charge in [-0.3, -0.25) is 4.79 Å². The van der Waals surface area contributed by atoms with Gasteiger partial charge < -0.3 is 15.0 Å². The molecule has 4 heteroatoms. The predicted octanol–water partition coefficient (Wildman–Crippen LogP) is 1.79. The number of hydrogen-bond acceptors (Lipinski definition) is 4. The highest BCUT2D eigenvalue weighted by Gasteiger charge is 2.33. The van der Waals surface area contributed by atoms with Crippen molar-refractivity contribution in [2.24, 2.45) is 0 Å². The number of carbonyl (C=O) groups is 1. The van der Waals surface area contributed by atoms with Crippen molar-refractivity contribution in [1.29, 1.82) is 0 Å².